The Balaban J connectivity index is 1.88. The van der Waals surface area contributed by atoms with E-state index in [1.54, 1.807) is 0 Å². The molecule has 2 saturated heterocycles. The number of nitrogens with zero attached hydrogens (tertiary/aromatic N) is 1. The Bertz CT molecular complexity index is 909. The quantitative estimate of drug-likeness (QED) is 0.0761. The summed E-state index contributed by atoms with van der Waals surface area (Å²) in [7, 11) is 0. The fraction of sp³-hybridized carbons (Fsp3) is 0.913. The molecule has 0 aromatic heterocycles. The lowest BCUT2D eigenvalue weighted by Gasteiger charge is -2.48. The van der Waals surface area contributed by atoms with Crippen molar-refractivity contribution >= 4 is 11.9 Å². The lowest BCUT2D eigenvalue weighted by molar-refractivity contribution is -0.310. The molecule has 0 spiro atoms. The number of nitrogens with two attached hydrogens (primary N) is 6. The molecule has 1 amide bonds. The molecule has 0 radical (unpaired) electrons. The summed E-state index contributed by atoms with van der Waals surface area (Å²) < 4.78 is 39.2. The van der Waals surface area contributed by atoms with Gasteiger partial charge in [0, 0.05) is 12.6 Å². The van der Waals surface area contributed by atoms with Crippen LogP contribution >= 0.6 is 0 Å². The lowest BCUT2D eigenvalue weighted by Crippen LogP contribution is -2.67. The van der Waals surface area contributed by atoms with E-state index in [0.717, 1.165) is 0 Å². The predicted molar refractivity (Wildman–Crippen MR) is 143 cm³/mol. The standard InChI is InChI=1S/C23H45FN8O10/c24-14-18(41-21-8(28)4-11(35)12(5-26)39-21)7(27)3-9(31-20(38)10(34)1-2-25)19(14)42-22-17(37)15(32-23(29)30)16(36)13(6-33)40-22/h7-19,21-22,33-37H,1-6,25-28H2,(H,31,38)(H4,29,30,32)/t7?,8?,9-,10+,11+,12?,13-,14?,15?,16?,17-,18-,19?,21-,22?/m1/s1. The number of rotatable bonds is 11. The summed E-state index contributed by atoms with van der Waals surface area (Å²) in [4.78, 5) is 16.4. The van der Waals surface area contributed by atoms with Gasteiger partial charge in [0.05, 0.1) is 30.9 Å². The first kappa shape index (κ1) is 34.6. The average Bonchev–Trinajstić information content (AvgIpc) is 2.93. The maximum atomic E-state index is 16.4. The topological polar surface area (TPSA) is 336 Å². The maximum absolute atomic E-state index is 16.4. The lowest BCUT2D eigenvalue weighted by atomic mass is 9.84. The number of hydrogen-bond acceptors (Lipinski definition) is 15. The fourth-order valence-electron chi connectivity index (χ4n) is 5.33. The smallest absolute Gasteiger partial charge is 0.249 e. The number of aliphatic hydroxyl groups excluding tert-OH is 5. The first-order chi connectivity index (χ1) is 19.8. The van der Waals surface area contributed by atoms with Gasteiger partial charge < -0.3 is 84.2 Å². The Morgan fingerprint density at radius 1 is 1.00 bits per heavy atom. The zero-order valence-corrected chi connectivity index (χ0v) is 23.0. The largest absolute Gasteiger partial charge is 0.394 e. The van der Waals surface area contributed by atoms with Crippen LogP contribution in [0.5, 0.6) is 0 Å². The monoisotopic (exact) mass is 612 g/mol. The van der Waals surface area contributed by atoms with Gasteiger partial charge in [-0.05, 0) is 25.8 Å². The molecule has 8 unspecified atom stereocenters. The highest BCUT2D eigenvalue weighted by molar-refractivity contribution is 5.80. The van der Waals surface area contributed by atoms with E-state index in [4.69, 9.17) is 53.3 Å². The van der Waals surface area contributed by atoms with Crippen LogP contribution in [-0.4, -0.2) is 149 Å². The number of aliphatic imine (C=N–C) groups is 1. The maximum Gasteiger partial charge on any atom is 0.249 e. The number of aliphatic hydroxyl groups is 5. The average molecular weight is 613 g/mol. The molecular weight excluding hydrogens is 567 g/mol. The summed E-state index contributed by atoms with van der Waals surface area (Å²) in [5.41, 5.74) is 34.3. The number of hydrogen-bond donors (Lipinski definition) is 12. The van der Waals surface area contributed by atoms with Crippen LogP contribution in [0.1, 0.15) is 19.3 Å². The molecule has 0 aromatic rings. The Labute approximate surface area is 241 Å². The van der Waals surface area contributed by atoms with E-state index >= 15 is 4.39 Å². The minimum atomic E-state index is -2.12. The molecule has 1 aliphatic carbocycles. The van der Waals surface area contributed by atoms with E-state index in [1.165, 1.54) is 0 Å². The summed E-state index contributed by atoms with van der Waals surface area (Å²) in [5, 5.41) is 53.8. The number of alkyl halides is 1. The second kappa shape index (κ2) is 15.2. The predicted octanol–water partition coefficient (Wildman–Crippen LogP) is -7.14. The number of carbonyl (C=O) groups is 1. The Morgan fingerprint density at radius 3 is 2.24 bits per heavy atom. The molecule has 18 nitrogen and oxygen atoms in total. The van der Waals surface area contributed by atoms with Crippen molar-refractivity contribution in [2.24, 2.45) is 39.4 Å². The third-order valence-electron chi connectivity index (χ3n) is 7.61. The minimum absolute atomic E-state index is 0.000355. The molecule has 244 valence electrons. The summed E-state index contributed by atoms with van der Waals surface area (Å²) in [6, 6.07) is -4.53. The molecule has 19 heteroatoms. The van der Waals surface area contributed by atoms with Crippen molar-refractivity contribution in [3.8, 4) is 0 Å². The van der Waals surface area contributed by atoms with Gasteiger partial charge in [-0.3, -0.25) is 4.79 Å². The van der Waals surface area contributed by atoms with Crippen LogP contribution in [-0.2, 0) is 23.7 Å². The van der Waals surface area contributed by atoms with Gasteiger partial charge in [0.25, 0.3) is 0 Å². The summed E-state index contributed by atoms with van der Waals surface area (Å²) in [6.45, 7) is -0.791. The van der Waals surface area contributed by atoms with E-state index < -0.39 is 110 Å². The number of nitrogens with one attached hydrogen (secondary N) is 1. The molecular formula is C23H45FN8O10. The second-order valence-electron chi connectivity index (χ2n) is 10.8. The van der Waals surface area contributed by atoms with E-state index in [2.05, 4.69) is 10.3 Å². The van der Waals surface area contributed by atoms with Crippen molar-refractivity contribution in [1.82, 2.24) is 5.32 Å². The SMILES string of the molecule is NCC[C@H](O)C(=O)N[C@@H]1CC(N)[C@@H](O[C@H]2OC(CN)[C@@H](O)CC2N)C(F)C1OC1O[C@H](CO)C(O)C(N=C(N)N)[C@H]1O. The molecule has 0 bridgehead atoms. The number of amides is 1. The van der Waals surface area contributed by atoms with Gasteiger partial charge in [0.1, 0.15) is 42.7 Å². The molecule has 15 atom stereocenters. The van der Waals surface area contributed by atoms with E-state index in [9.17, 15) is 30.3 Å². The third-order valence-corrected chi connectivity index (χ3v) is 7.61. The van der Waals surface area contributed by atoms with Crippen molar-refractivity contribution in [2.45, 2.75) is 111 Å². The molecule has 3 aliphatic rings. The Morgan fingerprint density at radius 2 is 1.64 bits per heavy atom. The summed E-state index contributed by atoms with van der Waals surface area (Å²) in [5.74, 6) is -1.36. The minimum Gasteiger partial charge on any atom is -0.394 e. The van der Waals surface area contributed by atoms with Crippen LogP contribution in [0.25, 0.3) is 0 Å². The fourth-order valence-corrected chi connectivity index (χ4v) is 5.33. The van der Waals surface area contributed by atoms with Gasteiger partial charge in [-0.15, -0.1) is 0 Å². The molecule has 3 fully saturated rings. The number of guanidine groups is 1. The molecule has 3 rings (SSSR count). The zero-order valence-electron chi connectivity index (χ0n) is 23.0. The van der Waals surface area contributed by atoms with Crippen LogP contribution in [0.4, 0.5) is 4.39 Å². The van der Waals surface area contributed by atoms with Crippen LogP contribution < -0.4 is 39.7 Å². The van der Waals surface area contributed by atoms with Crippen molar-refractivity contribution < 1.29 is 53.7 Å². The van der Waals surface area contributed by atoms with Crippen molar-refractivity contribution in [3.05, 3.63) is 0 Å². The van der Waals surface area contributed by atoms with E-state index in [1.807, 2.05) is 0 Å². The van der Waals surface area contributed by atoms with Gasteiger partial charge in [-0.1, -0.05) is 0 Å². The highest BCUT2D eigenvalue weighted by atomic mass is 19.1. The highest BCUT2D eigenvalue weighted by Gasteiger charge is 2.52. The van der Waals surface area contributed by atoms with Gasteiger partial charge in [-0.2, -0.15) is 0 Å². The first-order valence-corrected chi connectivity index (χ1v) is 13.7. The van der Waals surface area contributed by atoms with E-state index in [-0.39, 0.29) is 32.4 Å². The van der Waals surface area contributed by atoms with Gasteiger partial charge in [-0.25, -0.2) is 9.38 Å². The van der Waals surface area contributed by atoms with E-state index in [0.29, 0.717) is 0 Å². The van der Waals surface area contributed by atoms with Crippen molar-refractivity contribution in [2.75, 3.05) is 19.7 Å². The molecule has 42 heavy (non-hydrogen) atoms. The molecule has 0 aromatic carbocycles. The van der Waals surface area contributed by atoms with Crippen LogP contribution in [0.2, 0.25) is 0 Å². The van der Waals surface area contributed by atoms with Crippen LogP contribution in [0, 0.1) is 0 Å². The van der Waals surface area contributed by atoms with Gasteiger partial charge in [0.15, 0.2) is 24.7 Å². The summed E-state index contributed by atoms with van der Waals surface area (Å²) >= 11 is 0. The second-order valence-corrected chi connectivity index (χ2v) is 10.8. The normalized spacial score (nSPS) is 43.4. The Hall–Kier alpha value is -1.85. The van der Waals surface area contributed by atoms with Gasteiger partial charge in [0.2, 0.25) is 5.91 Å². The van der Waals surface area contributed by atoms with Crippen LogP contribution in [0.15, 0.2) is 4.99 Å². The third kappa shape index (κ3) is 8.00. The number of halogens is 1. The van der Waals surface area contributed by atoms with Crippen LogP contribution in [0.3, 0.4) is 0 Å². The first-order valence-electron chi connectivity index (χ1n) is 13.7. The van der Waals surface area contributed by atoms with Gasteiger partial charge >= 0.3 is 0 Å². The summed E-state index contributed by atoms with van der Waals surface area (Å²) in [6.07, 6.45) is -16.2. The van der Waals surface area contributed by atoms with Crippen molar-refractivity contribution in [1.29, 1.82) is 0 Å². The Kier molecular flexibility index (Phi) is 12.6. The highest BCUT2D eigenvalue weighted by Crippen LogP contribution is 2.33. The molecule has 18 N–H and O–H groups in total. The molecule has 2 aliphatic heterocycles. The van der Waals surface area contributed by atoms with Crippen molar-refractivity contribution in [3.63, 3.8) is 0 Å². The zero-order chi connectivity index (χ0) is 31.3. The molecule has 1 saturated carbocycles. The molecule has 2 heterocycles. The number of carbonyl (C=O) groups excluding carboxylic acids is 1. The number of ether oxygens (including phenoxy) is 4.